The number of sulfone groups is 1. The van der Waals surface area contributed by atoms with E-state index >= 15 is 0 Å². The third-order valence-electron chi connectivity index (χ3n) is 6.57. The van der Waals surface area contributed by atoms with Gasteiger partial charge < -0.3 is 10.6 Å². The fourth-order valence-electron chi connectivity index (χ4n) is 5.00. The van der Waals surface area contributed by atoms with Gasteiger partial charge in [0.2, 0.25) is 11.8 Å². The molecule has 2 aliphatic heterocycles. The number of carbonyl (C=O) groups excluding carboxylic acids is 2. The number of guanidine groups is 1. The van der Waals surface area contributed by atoms with Gasteiger partial charge in [-0.05, 0) is 18.3 Å². The molecule has 2 N–H and O–H groups in total. The molecule has 0 radical (unpaired) electrons. The molecule has 2 amide bonds. The Morgan fingerprint density at radius 2 is 1.59 bits per heavy atom. The molecule has 9 nitrogen and oxygen atoms in total. The summed E-state index contributed by atoms with van der Waals surface area (Å²) in [5, 5.41) is 6.35. The van der Waals surface area contributed by atoms with Crippen molar-refractivity contribution in [1.82, 2.24) is 20.4 Å². The van der Waals surface area contributed by atoms with Crippen LogP contribution in [0, 0.1) is 23.7 Å². The highest BCUT2D eigenvalue weighted by molar-refractivity contribution is 7.91. The minimum atomic E-state index is -2.86. The van der Waals surface area contributed by atoms with E-state index in [1.807, 2.05) is 0 Å². The Morgan fingerprint density at radius 3 is 2.14 bits per heavy atom. The van der Waals surface area contributed by atoms with Gasteiger partial charge in [-0.25, -0.2) is 8.42 Å². The maximum Gasteiger partial charge on any atom is 0.233 e. The Morgan fingerprint density at radius 1 is 1.03 bits per heavy atom. The summed E-state index contributed by atoms with van der Waals surface area (Å²) >= 11 is 0. The second-order valence-electron chi connectivity index (χ2n) is 8.25. The molecule has 4 rings (SSSR count). The van der Waals surface area contributed by atoms with Crippen LogP contribution in [0.4, 0.5) is 0 Å². The molecule has 2 bridgehead atoms. The Labute approximate surface area is 171 Å². The molecule has 0 aromatic carbocycles. The molecule has 160 valence electrons. The monoisotopic (exact) mass is 423 g/mol. The van der Waals surface area contributed by atoms with Gasteiger partial charge in [0, 0.05) is 46.3 Å². The molecule has 0 aromatic heterocycles. The third-order valence-corrected chi connectivity index (χ3v) is 8.18. The van der Waals surface area contributed by atoms with Gasteiger partial charge in [-0.3, -0.25) is 24.4 Å². The van der Waals surface area contributed by atoms with Gasteiger partial charge in [-0.2, -0.15) is 0 Å². The van der Waals surface area contributed by atoms with Gasteiger partial charge in [0.25, 0.3) is 0 Å². The van der Waals surface area contributed by atoms with Gasteiger partial charge in [-0.1, -0.05) is 12.2 Å². The minimum Gasteiger partial charge on any atom is -0.355 e. The zero-order valence-corrected chi connectivity index (χ0v) is 17.5. The molecular formula is C19H29N5O4S. The summed E-state index contributed by atoms with van der Waals surface area (Å²) in [5.41, 5.74) is 0. The molecule has 1 saturated carbocycles. The van der Waals surface area contributed by atoms with Crippen molar-refractivity contribution in [3.05, 3.63) is 12.2 Å². The summed E-state index contributed by atoms with van der Waals surface area (Å²) < 4.78 is 22.9. The van der Waals surface area contributed by atoms with Crippen LogP contribution in [0.1, 0.15) is 6.42 Å². The van der Waals surface area contributed by atoms with E-state index in [4.69, 9.17) is 0 Å². The van der Waals surface area contributed by atoms with Crippen LogP contribution in [0.3, 0.4) is 0 Å². The van der Waals surface area contributed by atoms with Crippen LogP contribution in [0.15, 0.2) is 17.1 Å². The van der Waals surface area contributed by atoms with Crippen LogP contribution < -0.4 is 10.6 Å². The number of nitrogens with one attached hydrogen (secondary N) is 2. The normalized spacial score (nSPS) is 33.4. The van der Waals surface area contributed by atoms with E-state index < -0.39 is 9.84 Å². The third kappa shape index (κ3) is 4.05. The summed E-state index contributed by atoms with van der Waals surface area (Å²) in [4.78, 5) is 33.0. The highest BCUT2D eigenvalue weighted by atomic mass is 32.2. The van der Waals surface area contributed by atoms with Crippen LogP contribution in [0.25, 0.3) is 0 Å². The summed E-state index contributed by atoms with van der Waals surface area (Å²) in [6.07, 6.45) is 5.14. The Hall–Kier alpha value is -1.94. The second kappa shape index (κ2) is 8.06. The molecule has 2 saturated heterocycles. The van der Waals surface area contributed by atoms with Crippen LogP contribution in [-0.2, 0) is 19.4 Å². The molecule has 10 heteroatoms. The second-order valence-corrected chi connectivity index (χ2v) is 10.6. The number of rotatable bonds is 6. The van der Waals surface area contributed by atoms with Gasteiger partial charge in [0.05, 0.1) is 23.3 Å². The van der Waals surface area contributed by atoms with Gasteiger partial charge in [-0.15, -0.1) is 0 Å². The van der Waals surface area contributed by atoms with Crippen molar-refractivity contribution in [3.8, 4) is 0 Å². The first-order valence-corrected chi connectivity index (χ1v) is 12.1. The van der Waals surface area contributed by atoms with Crippen molar-refractivity contribution in [3.63, 3.8) is 0 Å². The number of hydrogen-bond donors (Lipinski definition) is 2. The molecule has 0 spiro atoms. The lowest BCUT2D eigenvalue weighted by atomic mass is 9.85. The SMILES string of the molecule is CN=C(NCCN1CCS(=O)(=O)CC1)NCCN1C(=O)C2C3C=CC(C3)C2C1=O. The Balaban J connectivity index is 1.18. The Bertz CT molecular complexity index is 796. The fraction of sp³-hybridized carbons (Fsp3) is 0.737. The van der Waals surface area contributed by atoms with Crippen molar-refractivity contribution in [2.45, 2.75) is 6.42 Å². The van der Waals surface area contributed by atoms with Crippen molar-refractivity contribution < 1.29 is 18.0 Å². The Kier molecular flexibility index (Phi) is 5.65. The van der Waals surface area contributed by atoms with E-state index in [0.717, 1.165) is 13.0 Å². The first-order valence-electron chi connectivity index (χ1n) is 10.3. The number of amides is 2. The molecule has 3 fully saturated rings. The summed E-state index contributed by atoms with van der Waals surface area (Å²) in [6.45, 7) is 3.29. The van der Waals surface area contributed by atoms with Crippen LogP contribution in [-0.4, -0.2) is 93.8 Å². The summed E-state index contributed by atoms with van der Waals surface area (Å²) in [5.74, 6) is 1.16. The predicted octanol–water partition coefficient (Wildman–Crippen LogP) is -1.31. The lowest BCUT2D eigenvalue weighted by Gasteiger charge is -2.26. The number of nitrogens with zero attached hydrogens (tertiary/aromatic N) is 3. The average molecular weight is 424 g/mol. The van der Waals surface area contributed by atoms with Crippen molar-refractivity contribution in [2.75, 3.05) is 57.8 Å². The first-order chi connectivity index (χ1) is 13.9. The quantitative estimate of drug-likeness (QED) is 0.236. The van der Waals surface area contributed by atoms with E-state index in [-0.39, 0.29) is 47.0 Å². The smallest absolute Gasteiger partial charge is 0.233 e. The standard InChI is InChI=1S/C19H29N5O4S/c1-20-19(21-4-6-23-8-10-29(27,28)11-9-23)22-5-7-24-17(25)15-13-2-3-14(12-13)16(15)18(24)26/h2-3,13-16H,4-12H2,1H3,(H2,20,21,22). The largest absolute Gasteiger partial charge is 0.355 e. The molecule has 29 heavy (non-hydrogen) atoms. The van der Waals surface area contributed by atoms with Crippen LogP contribution in [0.5, 0.6) is 0 Å². The summed E-state index contributed by atoms with van der Waals surface area (Å²) in [7, 11) is -1.19. The number of imide groups is 1. The zero-order valence-electron chi connectivity index (χ0n) is 16.7. The van der Waals surface area contributed by atoms with E-state index in [0.29, 0.717) is 38.7 Å². The predicted molar refractivity (Wildman–Crippen MR) is 109 cm³/mol. The fourth-order valence-corrected chi connectivity index (χ4v) is 6.27. The van der Waals surface area contributed by atoms with Crippen molar-refractivity contribution in [2.24, 2.45) is 28.7 Å². The minimum absolute atomic E-state index is 0.0263. The molecule has 4 aliphatic rings. The van der Waals surface area contributed by atoms with Crippen LogP contribution >= 0.6 is 0 Å². The first kappa shape index (κ1) is 20.3. The highest BCUT2D eigenvalue weighted by Crippen LogP contribution is 2.52. The lowest BCUT2D eigenvalue weighted by Crippen LogP contribution is -2.47. The number of allylic oxidation sites excluding steroid dienone is 2. The molecule has 2 aliphatic carbocycles. The number of fused-ring (bicyclic) bond motifs is 5. The molecule has 2 heterocycles. The van der Waals surface area contributed by atoms with Gasteiger partial charge in [0.1, 0.15) is 0 Å². The lowest BCUT2D eigenvalue weighted by molar-refractivity contribution is -0.140. The van der Waals surface area contributed by atoms with Gasteiger partial charge >= 0.3 is 0 Å². The van der Waals surface area contributed by atoms with Crippen molar-refractivity contribution >= 4 is 27.6 Å². The highest BCUT2D eigenvalue weighted by Gasteiger charge is 2.58. The van der Waals surface area contributed by atoms with E-state index in [1.54, 1.807) is 7.05 Å². The maximum atomic E-state index is 12.7. The number of hydrogen-bond acceptors (Lipinski definition) is 6. The molecule has 4 unspecified atom stereocenters. The average Bonchev–Trinajstić information content (AvgIpc) is 3.37. The number of likely N-dealkylation sites (tertiary alicyclic amines) is 1. The van der Waals surface area contributed by atoms with E-state index in [2.05, 4.69) is 32.7 Å². The summed E-state index contributed by atoms with van der Waals surface area (Å²) in [6, 6.07) is 0. The van der Waals surface area contributed by atoms with Crippen molar-refractivity contribution in [1.29, 1.82) is 0 Å². The molecular weight excluding hydrogens is 394 g/mol. The van der Waals surface area contributed by atoms with E-state index in [1.165, 1.54) is 4.90 Å². The number of carbonyl (C=O) groups is 2. The van der Waals surface area contributed by atoms with E-state index in [9.17, 15) is 18.0 Å². The van der Waals surface area contributed by atoms with Crippen LogP contribution in [0.2, 0.25) is 0 Å². The molecule has 4 atom stereocenters. The maximum absolute atomic E-state index is 12.7. The molecule has 0 aromatic rings. The topological polar surface area (TPSA) is 111 Å². The number of aliphatic imine (C=N–C) groups is 1. The zero-order chi connectivity index (χ0) is 20.6. The van der Waals surface area contributed by atoms with Gasteiger partial charge in [0.15, 0.2) is 15.8 Å².